The second-order valence-corrected chi connectivity index (χ2v) is 8.20. The molecule has 0 saturated carbocycles. The van der Waals surface area contributed by atoms with Crippen molar-refractivity contribution < 1.29 is 19.4 Å². The van der Waals surface area contributed by atoms with E-state index in [1.807, 2.05) is 10.3 Å². The van der Waals surface area contributed by atoms with Crippen molar-refractivity contribution in [2.45, 2.75) is 32.3 Å². The summed E-state index contributed by atoms with van der Waals surface area (Å²) in [6, 6.07) is 0. The number of thiophene rings is 1. The molecule has 0 bridgehead atoms. The van der Waals surface area contributed by atoms with Crippen molar-refractivity contribution in [3.63, 3.8) is 0 Å². The zero-order chi connectivity index (χ0) is 18.0. The standard InChI is InChI=1S/C18H26N2O4S/c1-12-3-4-14-15(11-25-16(14)7-12)18(23)20-5-6-24-13(9-20)8-19(2)10-17(21)22/h11-13H,3-10H2,1-2H3,(H,21,22). The summed E-state index contributed by atoms with van der Waals surface area (Å²) in [6.45, 7) is 4.37. The fraction of sp³-hybridized carbons (Fsp3) is 0.667. The Kier molecular flexibility index (Phi) is 5.76. The van der Waals surface area contributed by atoms with Gasteiger partial charge in [-0.3, -0.25) is 14.5 Å². The SMILES string of the molecule is CC1CCc2c(C(=O)N3CCOC(CN(C)CC(=O)O)C3)csc2C1. The highest BCUT2D eigenvalue weighted by atomic mass is 32.1. The van der Waals surface area contributed by atoms with Crippen molar-refractivity contribution in [3.8, 4) is 0 Å². The van der Waals surface area contributed by atoms with Crippen LogP contribution in [0.3, 0.4) is 0 Å². The van der Waals surface area contributed by atoms with Crippen LogP contribution in [0.1, 0.15) is 34.1 Å². The van der Waals surface area contributed by atoms with Crippen LogP contribution in [0.15, 0.2) is 5.38 Å². The Morgan fingerprint density at radius 3 is 3.04 bits per heavy atom. The van der Waals surface area contributed by atoms with Crippen LogP contribution in [0.25, 0.3) is 0 Å². The van der Waals surface area contributed by atoms with Crippen molar-refractivity contribution in [2.75, 3.05) is 39.8 Å². The number of carbonyl (C=O) groups is 2. The maximum atomic E-state index is 13.0. The van der Waals surface area contributed by atoms with E-state index < -0.39 is 5.97 Å². The number of hydrogen-bond donors (Lipinski definition) is 1. The van der Waals surface area contributed by atoms with Gasteiger partial charge < -0.3 is 14.7 Å². The highest BCUT2D eigenvalue weighted by Gasteiger charge is 2.30. The molecule has 1 saturated heterocycles. The summed E-state index contributed by atoms with van der Waals surface area (Å²) in [5.41, 5.74) is 2.12. The normalized spacial score (nSPS) is 23.6. The maximum absolute atomic E-state index is 13.0. The Morgan fingerprint density at radius 2 is 2.28 bits per heavy atom. The molecule has 0 aromatic carbocycles. The third-order valence-electron chi connectivity index (χ3n) is 4.98. The minimum atomic E-state index is -0.856. The Morgan fingerprint density at radius 1 is 1.48 bits per heavy atom. The second-order valence-electron chi connectivity index (χ2n) is 7.23. The summed E-state index contributed by atoms with van der Waals surface area (Å²) < 4.78 is 5.73. The number of ether oxygens (including phenoxy) is 1. The van der Waals surface area contributed by atoms with E-state index in [4.69, 9.17) is 9.84 Å². The molecule has 138 valence electrons. The number of likely N-dealkylation sites (N-methyl/N-ethyl adjacent to an activating group) is 1. The van der Waals surface area contributed by atoms with Gasteiger partial charge in [0.2, 0.25) is 0 Å². The quantitative estimate of drug-likeness (QED) is 0.859. The van der Waals surface area contributed by atoms with E-state index in [-0.39, 0.29) is 18.6 Å². The smallest absolute Gasteiger partial charge is 0.317 e. The van der Waals surface area contributed by atoms with E-state index in [9.17, 15) is 9.59 Å². The zero-order valence-electron chi connectivity index (χ0n) is 14.9. The summed E-state index contributed by atoms with van der Waals surface area (Å²) in [7, 11) is 1.76. The predicted molar refractivity (Wildman–Crippen MR) is 96.3 cm³/mol. The summed E-state index contributed by atoms with van der Waals surface area (Å²) in [5, 5.41) is 10.9. The number of hydrogen-bond acceptors (Lipinski definition) is 5. The number of rotatable bonds is 5. The minimum absolute atomic E-state index is 0.0238. The van der Waals surface area contributed by atoms with Crippen molar-refractivity contribution in [1.29, 1.82) is 0 Å². The molecule has 25 heavy (non-hydrogen) atoms. The van der Waals surface area contributed by atoms with Gasteiger partial charge in [-0.2, -0.15) is 0 Å². The van der Waals surface area contributed by atoms with Crippen LogP contribution in [0, 0.1) is 5.92 Å². The highest BCUT2D eigenvalue weighted by Crippen LogP contribution is 2.33. The number of aliphatic carboxylic acids is 1. The summed E-state index contributed by atoms with van der Waals surface area (Å²) >= 11 is 1.71. The van der Waals surface area contributed by atoms with E-state index in [2.05, 4.69) is 6.92 Å². The largest absolute Gasteiger partial charge is 0.480 e. The van der Waals surface area contributed by atoms with E-state index in [1.165, 1.54) is 10.4 Å². The number of amides is 1. The van der Waals surface area contributed by atoms with Crippen molar-refractivity contribution in [1.82, 2.24) is 9.80 Å². The van der Waals surface area contributed by atoms with Gasteiger partial charge in [0.05, 0.1) is 24.8 Å². The Hall–Kier alpha value is -1.44. The van der Waals surface area contributed by atoms with Crippen LogP contribution in [0.2, 0.25) is 0 Å². The van der Waals surface area contributed by atoms with Crippen LogP contribution in [-0.4, -0.2) is 72.7 Å². The summed E-state index contributed by atoms with van der Waals surface area (Å²) in [6.07, 6.45) is 3.09. The minimum Gasteiger partial charge on any atom is -0.480 e. The fourth-order valence-electron chi connectivity index (χ4n) is 3.68. The number of fused-ring (bicyclic) bond motifs is 1. The van der Waals surface area contributed by atoms with Gasteiger partial charge >= 0.3 is 5.97 Å². The lowest BCUT2D eigenvalue weighted by molar-refractivity contribution is -0.138. The lowest BCUT2D eigenvalue weighted by Crippen LogP contribution is -2.49. The molecule has 1 aliphatic heterocycles. The van der Waals surface area contributed by atoms with Crippen LogP contribution >= 0.6 is 11.3 Å². The van der Waals surface area contributed by atoms with Crippen LogP contribution in [-0.2, 0) is 22.4 Å². The first-order valence-corrected chi connectivity index (χ1v) is 9.72. The Bertz CT molecular complexity index is 645. The van der Waals surface area contributed by atoms with Crippen LogP contribution in [0.4, 0.5) is 0 Å². The highest BCUT2D eigenvalue weighted by molar-refractivity contribution is 7.10. The molecular weight excluding hydrogens is 340 g/mol. The molecule has 1 amide bonds. The molecule has 2 aliphatic rings. The molecule has 0 radical (unpaired) electrons. The van der Waals surface area contributed by atoms with E-state index >= 15 is 0 Å². The molecular formula is C18H26N2O4S. The van der Waals surface area contributed by atoms with Crippen molar-refractivity contribution in [2.24, 2.45) is 5.92 Å². The van der Waals surface area contributed by atoms with E-state index in [1.54, 1.807) is 23.3 Å². The average Bonchev–Trinajstić information content (AvgIpc) is 2.96. The molecule has 7 heteroatoms. The van der Waals surface area contributed by atoms with Gasteiger partial charge in [-0.25, -0.2) is 0 Å². The lowest BCUT2D eigenvalue weighted by atomic mass is 9.88. The van der Waals surface area contributed by atoms with E-state index in [0.29, 0.717) is 32.2 Å². The molecule has 2 atom stereocenters. The van der Waals surface area contributed by atoms with Gasteiger partial charge in [0.25, 0.3) is 5.91 Å². The number of carboxylic acid groups (broad SMARTS) is 1. The summed E-state index contributed by atoms with van der Waals surface area (Å²) in [4.78, 5) is 28.7. The van der Waals surface area contributed by atoms with Gasteiger partial charge in [0.15, 0.2) is 0 Å². The monoisotopic (exact) mass is 366 g/mol. The third-order valence-corrected chi connectivity index (χ3v) is 6.03. The number of morpholine rings is 1. The fourth-order valence-corrected chi connectivity index (χ4v) is 4.92. The first-order valence-electron chi connectivity index (χ1n) is 8.84. The lowest BCUT2D eigenvalue weighted by Gasteiger charge is -2.34. The molecule has 0 spiro atoms. The van der Waals surface area contributed by atoms with Gasteiger partial charge in [0.1, 0.15) is 0 Å². The first-order chi connectivity index (χ1) is 11.9. The van der Waals surface area contributed by atoms with Crippen LogP contribution < -0.4 is 0 Å². The van der Waals surface area contributed by atoms with Gasteiger partial charge in [-0.15, -0.1) is 11.3 Å². The Balaban J connectivity index is 1.63. The molecule has 1 aromatic rings. The topological polar surface area (TPSA) is 70.1 Å². The average molecular weight is 366 g/mol. The molecule has 1 fully saturated rings. The van der Waals surface area contributed by atoms with Crippen molar-refractivity contribution in [3.05, 3.63) is 21.4 Å². The van der Waals surface area contributed by atoms with Gasteiger partial charge in [-0.1, -0.05) is 6.92 Å². The summed E-state index contributed by atoms with van der Waals surface area (Å²) in [5.74, 6) is -0.0572. The molecule has 1 aliphatic carbocycles. The molecule has 6 nitrogen and oxygen atoms in total. The van der Waals surface area contributed by atoms with Gasteiger partial charge in [0, 0.05) is 29.9 Å². The van der Waals surface area contributed by atoms with Crippen LogP contribution in [0.5, 0.6) is 0 Å². The predicted octanol–water partition coefficient (Wildman–Crippen LogP) is 1.73. The second kappa shape index (κ2) is 7.85. The van der Waals surface area contributed by atoms with E-state index in [0.717, 1.165) is 24.8 Å². The zero-order valence-corrected chi connectivity index (χ0v) is 15.7. The van der Waals surface area contributed by atoms with Crippen molar-refractivity contribution >= 4 is 23.2 Å². The van der Waals surface area contributed by atoms with Gasteiger partial charge in [-0.05, 0) is 37.8 Å². The number of carboxylic acids is 1. The number of nitrogens with zero attached hydrogens (tertiary/aromatic N) is 2. The molecule has 2 heterocycles. The molecule has 1 N–H and O–H groups in total. The molecule has 2 unspecified atom stereocenters. The molecule has 3 rings (SSSR count). The third kappa shape index (κ3) is 4.40. The Labute approximate surface area is 152 Å². The number of carbonyl (C=O) groups excluding carboxylic acids is 1. The first kappa shape index (κ1) is 18.4. The molecule has 1 aromatic heterocycles. The maximum Gasteiger partial charge on any atom is 0.317 e.